The molecule has 0 bridgehead atoms. The SMILES string of the molecule is CC(O)CN(C)C(=O)[C@@H]1CNC[C@H]1C. The Balaban J connectivity index is 2.47. The largest absolute Gasteiger partial charge is 0.392 e. The Morgan fingerprint density at radius 2 is 2.29 bits per heavy atom. The van der Waals surface area contributed by atoms with Crippen molar-refractivity contribution in [3.63, 3.8) is 0 Å². The summed E-state index contributed by atoms with van der Waals surface area (Å²) in [6.07, 6.45) is -0.450. The molecule has 0 radical (unpaired) electrons. The summed E-state index contributed by atoms with van der Waals surface area (Å²) in [6.45, 7) is 5.88. The molecule has 2 N–H and O–H groups in total. The first-order valence-corrected chi connectivity index (χ1v) is 5.16. The second kappa shape index (κ2) is 4.75. The number of nitrogens with zero attached hydrogens (tertiary/aromatic N) is 1. The summed E-state index contributed by atoms with van der Waals surface area (Å²) in [4.78, 5) is 13.5. The Bertz CT molecular complexity index is 206. The van der Waals surface area contributed by atoms with Gasteiger partial charge in [0.15, 0.2) is 0 Å². The van der Waals surface area contributed by atoms with Gasteiger partial charge in [0, 0.05) is 20.1 Å². The zero-order chi connectivity index (χ0) is 10.7. The number of amides is 1. The van der Waals surface area contributed by atoms with Crippen LogP contribution >= 0.6 is 0 Å². The molecule has 1 heterocycles. The van der Waals surface area contributed by atoms with E-state index < -0.39 is 6.10 Å². The van der Waals surface area contributed by atoms with Gasteiger partial charge in [-0.05, 0) is 19.4 Å². The lowest BCUT2D eigenvalue weighted by atomic mass is 9.97. The fourth-order valence-electron chi connectivity index (χ4n) is 1.91. The molecule has 3 atom stereocenters. The minimum atomic E-state index is -0.450. The second-order valence-electron chi connectivity index (χ2n) is 4.31. The summed E-state index contributed by atoms with van der Waals surface area (Å²) >= 11 is 0. The van der Waals surface area contributed by atoms with E-state index in [9.17, 15) is 9.90 Å². The van der Waals surface area contributed by atoms with E-state index >= 15 is 0 Å². The van der Waals surface area contributed by atoms with Gasteiger partial charge in [-0.1, -0.05) is 6.92 Å². The molecule has 1 aliphatic rings. The van der Waals surface area contributed by atoms with Gasteiger partial charge in [-0.15, -0.1) is 0 Å². The molecule has 4 nitrogen and oxygen atoms in total. The molecule has 0 saturated carbocycles. The molecule has 1 rings (SSSR count). The molecule has 82 valence electrons. The van der Waals surface area contributed by atoms with E-state index in [0.29, 0.717) is 12.5 Å². The van der Waals surface area contributed by atoms with Crippen molar-refractivity contribution in [2.45, 2.75) is 20.0 Å². The van der Waals surface area contributed by atoms with Gasteiger partial charge in [0.05, 0.1) is 12.0 Å². The molecule has 0 aliphatic carbocycles. The van der Waals surface area contributed by atoms with Crippen LogP contribution in [0.2, 0.25) is 0 Å². The minimum absolute atomic E-state index is 0.0822. The van der Waals surface area contributed by atoms with Crippen LogP contribution in [0.5, 0.6) is 0 Å². The Kier molecular flexibility index (Phi) is 3.89. The molecule has 1 unspecified atom stereocenters. The zero-order valence-electron chi connectivity index (χ0n) is 9.16. The van der Waals surface area contributed by atoms with Crippen LogP contribution in [0.4, 0.5) is 0 Å². The molecule has 1 amide bonds. The van der Waals surface area contributed by atoms with E-state index in [0.717, 1.165) is 13.1 Å². The lowest BCUT2D eigenvalue weighted by Crippen LogP contribution is -2.39. The number of nitrogens with one attached hydrogen (secondary N) is 1. The Morgan fingerprint density at radius 3 is 2.71 bits per heavy atom. The van der Waals surface area contributed by atoms with E-state index in [1.54, 1.807) is 18.9 Å². The zero-order valence-corrected chi connectivity index (χ0v) is 9.16. The first-order chi connectivity index (χ1) is 6.52. The van der Waals surface area contributed by atoms with Gasteiger partial charge < -0.3 is 15.3 Å². The number of likely N-dealkylation sites (N-methyl/N-ethyl adjacent to an activating group) is 1. The van der Waals surface area contributed by atoms with E-state index in [2.05, 4.69) is 12.2 Å². The van der Waals surface area contributed by atoms with Crippen LogP contribution in [0, 0.1) is 11.8 Å². The van der Waals surface area contributed by atoms with Crippen molar-refractivity contribution in [3.05, 3.63) is 0 Å². The second-order valence-corrected chi connectivity index (χ2v) is 4.31. The molecule has 4 heteroatoms. The van der Waals surface area contributed by atoms with Crippen molar-refractivity contribution in [3.8, 4) is 0 Å². The van der Waals surface area contributed by atoms with E-state index in [1.165, 1.54) is 0 Å². The van der Waals surface area contributed by atoms with Crippen molar-refractivity contribution >= 4 is 5.91 Å². The number of rotatable bonds is 3. The lowest BCUT2D eigenvalue weighted by molar-refractivity contribution is -0.135. The van der Waals surface area contributed by atoms with Gasteiger partial charge in [0.25, 0.3) is 0 Å². The first kappa shape index (κ1) is 11.5. The van der Waals surface area contributed by atoms with E-state index in [4.69, 9.17) is 0 Å². The summed E-state index contributed by atoms with van der Waals surface area (Å²) < 4.78 is 0. The summed E-state index contributed by atoms with van der Waals surface area (Å²) in [5, 5.41) is 12.4. The van der Waals surface area contributed by atoms with Crippen LogP contribution in [0.15, 0.2) is 0 Å². The number of hydrogen-bond donors (Lipinski definition) is 2. The highest BCUT2D eigenvalue weighted by molar-refractivity contribution is 5.79. The maximum Gasteiger partial charge on any atom is 0.227 e. The number of carbonyl (C=O) groups excluding carboxylic acids is 1. The molecule has 0 aromatic carbocycles. The number of aliphatic hydroxyl groups excluding tert-OH is 1. The monoisotopic (exact) mass is 200 g/mol. The number of hydrogen-bond acceptors (Lipinski definition) is 3. The Hall–Kier alpha value is -0.610. The highest BCUT2D eigenvalue weighted by Gasteiger charge is 2.31. The molecule has 1 aliphatic heterocycles. The Morgan fingerprint density at radius 1 is 1.64 bits per heavy atom. The predicted octanol–water partition coefficient (Wildman–Crippen LogP) is -0.319. The summed E-state index contributed by atoms with van der Waals surface area (Å²) in [5.74, 6) is 0.626. The van der Waals surface area contributed by atoms with Crippen LogP contribution in [0.25, 0.3) is 0 Å². The molecule has 0 aromatic heterocycles. The summed E-state index contributed by atoms with van der Waals surface area (Å²) in [5.41, 5.74) is 0. The maximum absolute atomic E-state index is 11.9. The standard InChI is InChI=1S/C10H20N2O2/c1-7-4-11-5-9(7)10(14)12(3)6-8(2)13/h7-9,11,13H,4-6H2,1-3H3/t7-,8?,9-/m1/s1. The predicted molar refractivity (Wildman–Crippen MR) is 54.8 cm³/mol. The first-order valence-electron chi connectivity index (χ1n) is 5.16. The van der Waals surface area contributed by atoms with Crippen molar-refractivity contribution in [1.29, 1.82) is 0 Å². The quantitative estimate of drug-likeness (QED) is 0.656. The van der Waals surface area contributed by atoms with Gasteiger partial charge in [-0.2, -0.15) is 0 Å². The van der Waals surface area contributed by atoms with Gasteiger partial charge in [0.2, 0.25) is 5.91 Å². The smallest absolute Gasteiger partial charge is 0.227 e. The third kappa shape index (κ3) is 2.69. The third-order valence-corrected chi connectivity index (χ3v) is 2.75. The number of aliphatic hydroxyl groups is 1. The van der Waals surface area contributed by atoms with Crippen molar-refractivity contribution in [1.82, 2.24) is 10.2 Å². The van der Waals surface area contributed by atoms with Gasteiger partial charge >= 0.3 is 0 Å². The molecular weight excluding hydrogens is 180 g/mol. The Labute approximate surface area is 85.3 Å². The van der Waals surface area contributed by atoms with Crippen LogP contribution in [-0.2, 0) is 4.79 Å². The van der Waals surface area contributed by atoms with Crippen molar-refractivity contribution in [2.24, 2.45) is 11.8 Å². The van der Waals surface area contributed by atoms with E-state index in [-0.39, 0.29) is 11.8 Å². The van der Waals surface area contributed by atoms with Crippen LogP contribution in [-0.4, -0.2) is 48.7 Å². The summed E-state index contributed by atoms with van der Waals surface area (Å²) in [7, 11) is 1.75. The topological polar surface area (TPSA) is 52.6 Å². The molecule has 1 fully saturated rings. The van der Waals surface area contributed by atoms with Gasteiger partial charge in [-0.3, -0.25) is 4.79 Å². The average molecular weight is 200 g/mol. The maximum atomic E-state index is 11.9. The van der Waals surface area contributed by atoms with Gasteiger partial charge in [0.1, 0.15) is 0 Å². The molecule has 14 heavy (non-hydrogen) atoms. The van der Waals surface area contributed by atoms with Crippen molar-refractivity contribution < 1.29 is 9.90 Å². The van der Waals surface area contributed by atoms with Crippen molar-refractivity contribution in [2.75, 3.05) is 26.7 Å². The van der Waals surface area contributed by atoms with Crippen LogP contribution in [0.1, 0.15) is 13.8 Å². The summed E-state index contributed by atoms with van der Waals surface area (Å²) in [6, 6.07) is 0. The third-order valence-electron chi connectivity index (χ3n) is 2.75. The highest BCUT2D eigenvalue weighted by atomic mass is 16.3. The van der Waals surface area contributed by atoms with Gasteiger partial charge in [-0.25, -0.2) is 0 Å². The average Bonchev–Trinajstić information content (AvgIpc) is 2.48. The minimum Gasteiger partial charge on any atom is -0.392 e. The highest BCUT2D eigenvalue weighted by Crippen LogP contribution is 2.17. The van der Waals surface area contributed by atoms with Crippen LogP contribution < -0.4 is 5.32 Å². The fourth-order valence-corrected chi connectivity index (χ4v) is 1.91. The van der Waals surface area contributed by atoms with Crippen LogP contribution in [0.3, 0.4) is 0 Å². The lowest BCUT2D eigenvalue weighted by Gasteiger charge is -2.23. The fraction of sp³-hybridized carbons (Fsp3) is 0.900. The number of carbonyl (C=O) groups is 1. The molecule has 0 aromatic rings. The normalized spacial score (nSPS) is 28.9. The molecular formula is C10H20N2O2. The van der Waals surface area contributed by atoms with E-state index in [1.807, 2.05) is 0 Å². The molecule has 0 spiro atoms. The molecule has 1 saturated heterocycles.